The lowest BCUT2D eigenvalue weighted by atomic mass is 10.1. The van der Waals surface area contributed by atoms with Crippen molar-refractivity contribution >= 4 is 11.8 Å². The molecule has 0 spiro atoms. The smallest absolute Gasteiger partial charge is 0.255 e. The Labute approximate surface area is 168 Å². The summed E-state index contributed by atoms with van der Waals surface area (Å²) in [4.78, 5) is 26.6. The Morgan fingerprint density at radius 3 is 2.62 bits per heavy atom. The maximum absolute atomic E-state index is 12.7. The quantitative estimate of drug-likeness (QED) is 0.676. The summed E-state index contributed by atoms with van der Waals surface area (Å²) in [5, 5.41) is 9.80. The van der Waals surface area contributed by atoms with Gasteiger partial charge in [-0.1, -0.05) is 60.7 Å². The van der Waals surface area contributed by atoms with E-state index in [9.17, 15) is 9.59 Å². The molecule has 1 aliphatic heterocycles. The highest BCUT2D eigenvalue weighted by Gasteiger charge is 2.27. The molecule has 2 amide bonds. The molecule has 148 valence electrons. The summed E-state index contributed by atoms with van der Waals surface area (Å²) < 4.78 is 5.61. The van der Waals surface area contributed by atoms with E-state index in [1.807, 2.05) is 60.7 Å². The first-order valence-electron chi connectivity index (χ1n) is 9.51. The van der Waals surface area contributed by atoms with Crippen LogP contribution in [0.25, 0.3) is 11.3 Å². The third-order valence-electron chi connectivity index (χ3n) is 4.87. The molecule has 1 atom stereocenters. The zero-order chi connectivity index (χ0) is 20.1. The summed E-state index contributed by atoms with van der Waals surface area (Å²) >= 11 is 0. The van der Waals surface area contributed by atoms with E-state index in [-0.39, 0.29) is 24.5 Å². The van der Waals surface area contributed by atoms with Gasteiger partial charge in [-0.05, 0) is 5.56 Å². The van der Waals surface area contributed by atoms with Gasteiger partial charge in [-0.25, -0.2) is 0 Å². The van der Waals surface area contributed by atoms with Crippen LogP contribution in [0.15, 0.2) is 66.9 Å². The number of nitrogens with one attached hydrogen (secondary N) is 2. The number of rotatable bonds is 6. The minimum absolute atomic E-state index is 0.0222. The summed E-state index contributed by atoms with van der Waals surface area (Å²) in [6.07, 6.45) is 1.26. The molecule has 3 aromatic rings. The van der Waals surface area contributed by atoms with E-state index in [4.69, 9.17) is 4.74 Å². The van der Waals surface area contributed by atoms with Crippen LogP contribution in [0.2, 0.25) is 0 Å². The number of nitrogens with zero attached hydrogens (tertiary/aromatic N) is 2. The summed E-state index contributed by atoms with van der Waals surface area (Å²) in [5.74, 6) is -0.273. The first-order valence-corrected chi connectivity index (χ1v) is 9.51. The molecule has 1 aromatic heterocycles. The molecule has 0 saturated carbocycles. The first-order chi connectivity index (χ1) is 14.2. The van der Waals surface area contributed by atoms with E-state index < -0.39 is 0 Å². The second-order valence-corrected chi connectivity index (χ2v) is 6.93. The number of benzene rings is 2. The van der Waals surface area contributed by atoms with Crippen LogP contribution >= 0.6 is 0 Å². The zero-order valence-corrected chi connectivity index (χ0v) is 15.9. The fraction of sp³-hybridized carbons (Fsp3) is 0.227. The summed E-state index contributed by atoms with van der Waals surface area (Å²) in [7, 11) is 0. The predicted molar refractivity (Wildman–Crippen MR) is 108 cm³/mol. The minimum Gasteiger partial charge on any atom is -0.365 e. The Balaban J connectivity index is 1.36. The number of ether oxygens (including phenoxy) is 1. The number of morpholine rings is 1. The second kappa shape index (κ2) is 8.70. The zero-order valence-electron chi connectivity index (χ0n) is 15.9. The maximum Gasteiger partial charge on any atom is 0.255 e. The molecule has 7 heteroatoms. The van der Waals surface area contributed by atoms with E-state index in [1.165, 1.54) is 6.20 Å². The topological polar surface area (TPSA) is 87.3 Å². The molecule has 1 fully saturated rings. The average Bonchev–Trinajstić information content (AvgIpc) is 3.25. The number of hydrogen-bond donors (Lipinski definition) is 2. The highest BCUT2D eigenvalue weighted by Crippen LogP contribution is 2.20. The van der Waals surface area contributed by atoms with Crippen LogP contribution in [0.1, 0.15) is 15.9 Å². The van der Waals surface area contributed by atoms with Gasteiger partial charge in [0.15, 0.2) is 0 Å². The number of H-pyrrole nitrogens is 1. The molecule has 1 aliphatic rings. The molecular formula is C22H22N4O3. The van der Waals surface area contributed by atoms with Gasteiger partial charge in [-0.3, -0.25) is 14.7 Å². The van der Waals surface area contributed by atoms with Gasteiger partial charge >= 0.3 is 0 Å². The van der Waals surface area contributed by atoms with Gasteiger partial charge in [0.1, 0.15) is 6.61 Å². The van der Waals surface area contributed by atoms with E-state index in [1.54, 1.807) is 4.90 Å². The van der Waals surface area contributed by atoms with Crippen LogP contribution < -0.4 is 5.32 Å². The van der Waals surface area contributed by atoms with E-state index in [0.717, 1.165) is 11.1 Å². The summed E-state index contributed by atoms with van der Waals surface area (Å²) in [5.41, 5.74) is 3.11. The van der Waals surface area contributed by atoms with Gasteiger partial charge in [-0.2, -0.15) is 5.10 Å². The number of carbonyl (C=O) groups is 2. The normalized spacial score (nSPS) is 16.6. The fourth-order valence-electron chi connectivity index (χ4n) is 3.35. The van der Waals surface area contributed by atoms with Crippen LogP contribution in [0, 0.1) is 0 Å². The van der Waals surface area contributed by atoms with Crippen LogP contribution in [-0.2, 0) is 16.1 Å². The van der Waals surface area contributed by atoms with E-state index in [2.05, 4.69) is 15.5 Å². The van der Waals surface area contributed by atoms with Crippen molar-refractivity contribution < 1.29 is 14.3 Å². The monoisotopic (exact) mass is 390 g/mol. The van der Waals surface area contributed by atoms with Gasteiger partial charge in [0.05, 0.1) is 23.6 Å². The van der Waals surface area contributed by atoms with Crippen molar-refractivity contribution in [1.82, 2.24) is 20.4 Å². The SMILES string of the molecule is O=C(NCC1CN(Cc2ccccc2)C(=O)CO1)c1cn[nH]c1-c1ccccc1. The molecule has 2 N–H and O–H groups in total. The number of aromatic amines is 1. The Bertz CT molecular complexity index is 972. The predicted octanol–water partition coefficient (Wildman–Crippen LogP) is 2.23. The van der Waals surface area contributed by atoms with Crippen molar-refractivity contribution in [1.29, 1.82) is 0 Å². The Morgan fingerprint density at radius 1 is 1.14 bits per heavy atom. The molecule has 0 radical (unpaired) electrons. The Hall–Kier alpha value is -3.45. The van der Waals surface area contributed by atoms with E-state index in [0.29, 0.717) is 30.9 Å². The Morgan fingerprint density at radius 2 is 1.86 bits per heavy atom. The third kappa shape index (κ3) is 4.52. The largest absolute Gasteiger partial charge is 0.365 e. The van der Waals surface area contributed by atoms with Gasteiger partial charge < -0.3 is 15.0 Å². The van der Waals surface area contributed by atoms with Crippen molar-refractivity contribution in [2.45, 2.75) is 12.6 Å². The van der Waals surface area contributed by atoms with Crippen molar-refractivity contribution in [3.63, 3.8) is 0 Å². The highest BCUT2D eigenvalue weighted by atomic mass is 16.5. The minimum atomic E-state index is -0.257. The second-order valence-electron chi connectivity index (χ2n) is 6.93. The average molecular weight is 390 g/mol. The molecule has 4 rings (SSSR count). The molecule has 0 bridgehead atoms. The highest BCUT2D eigenvalue weighted by molar-refractivity contribution is 5.99. The molecule has 1 saturated heterocycles. The van der Waals surface area contributed by atoms with Gasteiger partial charge in [-0.15, -0.1) is 0 Å². The molecule has 29 heavy (non-hydrogen) atoms. The number of aromatic nitrogens is 2. The van der Waals surface area contributed by atoms with E-state index >= 15 is 0 Å². The van der Waals surface area contributed by atoms with Crippen LogP contribution in [0.4, 0.5) is 0 Å². The number of hydrogen-bond acceptors (Lipinski definition) is 4. The standard InChI is InChI=1S/C22H22N4O3/c27-20-15-29-18(14-26(20)13-16-7-3-1-4-8-16)11-23-22(28)19-12-24-25-21(19)17-9-5-2-6-10-17/h1-10,12,18H,11,13-15H2,(H,23,28)(H,24,25). The summed E-state index contributed by atoms with van der Waals surface area (Å²) in [6.45, 7) is 1.31. The molecule has 7 nitrogen and oxygen atoms in total. The van der Waals surface area contributed by atoms with Gasteiger partial charge in [0.25, 0.3) is 5.91 Å². The van der Waals surface area contributed by atoms with Gasteiger partial charge in [0.2, 0.25) is 5.91 Å². The maximum atomic E-state index is 12.7. The molecule has 0 aliphatic carbocycles. The molecular weight excluding hydrogens is 368 g/mol. The Kier molecular flexibility index (Phi) is 5.67. The van der Waals surface area contributed by atoms with Crippen molar-refractivity contribution in [3.8, 4) is 11.3 Å². The summed E-state index contributed by atoms with van der Waals surface area (Å²) in [6, 6.07) is 19.4. The lowest BCUT2D eigenvalue weighted by molar-refractivity contribution is -0.149. The number of carbonyl (C=O) groups excluding carboxylic acids is 2. The van der Waals surface area contributed by atoms with Crippen molar-refractivity contribution in [2.75, 3.05) is 19.7 Å². The van der Waals surface area contributed by atoms with Crippen LogP contribution in [0.3, 0.4) is 0 Å². The molecule has 2 aromatic carbocycles. The first kappa shape index (κ1) is 18.9. The van der Waals surface area contributed by atoms with Gasteiger partial charge in [0, 0.05) is 25.2 Å². The molecule has 2 heterocycles. The van der Waals surface area contributed by atoms with Crippen LogP contribution in [0.5, 0.6) is 0 Å². The fourth-order valence-corrected chi connectivity index (χ4v) is 3.35. The lowest BCUT2D eigenvalue weighted by Crippen LogP contribution is -2.50. The molecule has 1 unspecified atom stereocenters. The van der Waals surface area contributed by atoms with Crippen molar-refractivity contribution in [3.05, 3.63) is 78.0 Å². The van der Waals surface area contributed by atoms with Crippen molar-refractivity contribution in [2.24, 2.45) is 0 Å². The lowest BCUT2D eigenvalue weighted by Gasteiger charge is -2.33. The number of amides is 2. The third-order valence-corrected chi connectivity index (χ3v) is 4.87. The van der Waals surface area contributed by atoms with Crippen LogP contribution in [-0.4, -0.2) is 52.7 Å².